The van der Waals surface area contributed by atoms with Gasteiger partial charge in [-0.25, -0.2) is 5.01 Å². The predicted octanol–water partition coefficient (Wildman–Crippen LogP) is 1.59. The van der Waals surface area contributed by atoms with Gasteiger partial charge in [0.25, 0.3) is 0 Å². The van der Waals surface area contributed by atoms with Crippen LogP contribution in [-0.4, -0.2) is 30.0 Å². The maximum Gasteiger partial charge on any atom is 0.139 e. The first kappa shape index (κ1) is 12.1. The molecule has 0 aliphatic carbocycles. The van der Waals surface area contributed by atoms with Gasteiger partial charge in [0.1, 0.15) is 5.17 Å². The van der Waals surface area contributed by atoms with Crippen LogP contribution in [0.25, 0.3) is 0 Å². The van der Waals surface area contributed by atoms with Crippen LogP contribution in [0.2, 0.25) is 0 Å². The largest absolute Gasteiger partial charge is 0.325 e. The minimum Gasteiger partial charge on any atom is -0.325 e. The molecule has 5 heteroatoms. The Labute approximate surface area is 83.8 Å². The average molecular weight is 203 g/mol. The van der Waals surface area contributed by atoms with Gasteiger partial charge in [-0.1, -0.05) is 18.5 Å². The highest BCUT2D eigenvalue weighted by atomic mass is 35.5. The molecule has 0 atom stereocenters. The van der Waals surface area contributed by atoms with E-state index in [1.807, 2.05) is 25.9 Å². The molecule has 0 bridgehead atoms. The molecule has 0 aliphatic rings. The van der Waals surface area contributed by atoms with Crippen molar-refractivity contribution in [3.63, 3.8) is 0 Å². The fraction of sp³-hybridized carbons (Fsp3) is 0.500. The molecular weight excluding hydrogens is 188 g/mol. The number of hydrazine groups is 1. The van der Waals surface area contributed by atoms with Crippen molar-refractivity contribution in [1.29, 1.82) is 5.41 Å². The molecule has 0 spiro atoms. The van der Waals surface area contributed by atoms with E-state index in [-0.39, 0.29) is 5.17 Å². The molecule has 0 amide bonds. The van der Waals surface area contributed by atoms with Crippen molar-refractivity contribution in [3.05, 3.63) is 11.9 Å². The minimum absolute atomic E-state index is 0.0726. The fourth-order valence-corrected chi connectivity index (χ4v) is 0.539. The molecule has 74 valence electrons. The van der Waals surface area contributed by atoms with Crippen molar-refractivity contribution in [2.24, 2.45) is 4.99 Å². The molecule has 0 fully saturated rings. The Balaban J connectivity index is 3.95. The lowest BCUT2D eigenvalue weighted by molar-refractivity contribution is 0.291. The summed E-state index contributed by atoms with van der Waals surface area (Å²) in [7, 11) is 1.93. The Morgan fingerprint density at radius 2 is 2.31 bits per heavy atom. The van der Waals surface area contributed by atoms with Crippen LogP contribution < -0.4 is 5.43 Å². The minimum atomic E-state index is -0.0726. The lowest BCUT2D eigenvalue weighted by Gasteiger charge is -2.13. The van der Waals surface area contributed by atoms with Gasteiger partial charge in [0.15, 0.2) is 0 Å². The third-order valence-corrected chi connectivity index (χ3v) is 1.45. The molecule has 0 rings (SSSR count). The Morgan fingerprint density at radius 3 is 2.77 bits per heavy atom. The number of aliphatic imine (C=N–C) groups is 1. The third kappa shape index (κ3) is 7.49. The quantitative estimate of drug-likeness (QED) is 0.526. The lowest BCUT2D eigenvalue weighted by atomic mass is 10.5. The van der Waals surface area contributed by atoms with Crippen molar-refractivity contribution in [3.8, 4) is 0 Å². The normalized spacial score (nSPS) is 12.5. The second-order valence-corrected chi connectivity index (χ2v) is 2.94. The van der Waals surface area contributed by atoms with Crippen LogP contribution in [-0.2, 0) is 0 Å². The summed E-state index contributed by atoms with van der Waals surface area (Å²) >= 11 is 5.29. The fourth-order valence-electron chi connectivity index (χ4n) is 0.491. The van der Waals surface area contributed by atoms with Crippen LogP contribution in [0.15, 0.2) is 16.9 Å². The topological polar surface area (TPSA) is 51.5 Å². The molecule has 2 N–H and O–H groups in total. The lowest BCUT2D eigenvalue weighted by Crippen LogP contribution is -2.29. The molecule has 0 aromatic carbocycles. The number of nitrogens with zero attached hydrogens (tertiary/aromatic N) is 2. The summed E-state index contributed by atoms with van der Waals surface area (Å²) in [5.41, 5.74) is 3.77. The maximum absolute atomic E-state index is 6.90. The summed E-state index contributed by atoms with van der Waals surface area (Å²) in [6.45, 7) is 4.76. The highest BCUT2D eigenvalue weighted by Gasteiger charge is 1.88. The van der Waals surface area contributed by atoms with Gasteiger partial charge in [0.05, 0.1) is 11.9 Å². The SMILES string of the molecule is CCN(C)NC=C(C)N=CC(=N)Cl. The van der Waals surface area contributed by atoms with Crippen LogP contribution in [0.5, 0.6) is 0 Å². The average Bonchev–Trinajstić information content (AvgIpc) is 2.10. The molecule has 13 heavy (non-hydrogen) atoms. The standard InChI is InChI=1S/C8H15ClN4/c1-4-13(3)12-5-7(2)11-6-8(9)10/h5-6,10,12H,4H2,1-3H3. The number of nitrogens with one attached hydrogen (secondary N) is 2. The van der Waals surface area contributed by atoms with E-state index in [2.05, 4.69) is 10.4 Å². The van der Waals surface area contributed by atoms with Gasteiger partial charge in [-0.15, -0.1) is 0 Å². The van der Waals surface area contributed by atoms with E-state index in [0.29, 0.717) is 0 Å². The first-order valence-corrected chi connectivity index (χ1v) is 4.36. The van der Waals surface area contributed by atoms with Gasteiger partial charge in [0, 0.05) is 19.8 Å². The van der Waals surface area contributed by atoms with E-state index < -0.39 is 0 Å². The maximum atomic E-state index is 6.90. The predicted molar refractivity (Wildman–Crippen MR) is 57.3 cm³/mol. The molecule has 0 radical (unpaired) electrons. The van der Waals surface area contributed by atoms with E-state index in [1.165, 1.54) is 6.21 Å². The first-order valence-electron chi connectivity index (χ1n) is 3.98. The number of halogens is 1. The van der Waals surface area contributed by atoms with Crippen molar-refractivity contribution in [1.82, 2.24) is 10.4 Å². The molecule has 0 aromatic rings. The number of rotatable bonds is 5. The summed E-state index contributed by atoms with van der Waals surface area (Å²) in [6, 6.07) is 0. The van der Waals surface area contributed by atoms with Gasteiger partial charge >= 0.3 is 0 Å². The molecule has 0 aliphatic heterocycles. The van der Waals surface area contributed by atoms with Crippen molar-refractivity contribution >= 4 is 23.0 Å². The number of allylic oxidation sites excluding steroid dienone is 1. The Morgan fingerprint density at radius 1 is 1.69 bits per heavy atom. The molecule has 0 aromatic heterocycles. The van der Waals surface area contributed by atoms with E-state index >= 15 is 0 Å². The van der Waals surface area contributed by atoms with Crippen molar-refractivity contribution < 1.29 is 0 Å². The summed E-state index contributed by atoms with van der Waals surface area (Å²) < 4.78 is 0. The molecule has 0 saturated carbocycles. The van der Waals surface area contributed by atoms with Crippen LogP contribution in [0.3, 0.4) is 0 Å². The van der Waals surface area contributed by atoms with E-state index in [1.54, 1.807) is 6.20 Å². The summed E-state index contributed by atoms with van der Waals surface area (Å²) in [6.07, 6.45) is 3.04. The Kier molecular flexibility index (Phi) is 6.18. The zero-order valence-corrected chi connectivity index (χ0v) is 8.89. The first-order chi connectivity index (χ1) is 6.06. The van der Waals surface area contributed by atoms with E-state index in [9.17, 15) is 0 Å². The molecule has 0 unspecified atom stereocenters. The van der Waals surface area contributed by atoms with Crippen LogP contribution in [0, 0.1) is 5.41 Å². The summed E-state index contributed by atoms with van der Waals surface area (Å²) in [5, 5.41) is 8.73. The number of hydrogen-bond donors (Lipinski definition) is 2. The molecule has 0 heterocycles. The van der Waals surface area contributed by atoms with Crippen molar-refractivity contribution in [2.75, 3.05) is 13.6 Å². The molecular formula is C8H15ClN4. The van der Waals surface area contributed by atoms with Crippen molar-refractivity contribution in [2.45, 2.75) is 13.8 Å². The van der Waals surface area contributed by atoms with Gasteiger partial charge in [0.2, 0.25) is 0 Å². The Bertz CT molecular complexity index is 222. The van der Waals surface area contributed by atoms with Gasteiger partial charge < -0.3 is 5.43 Å². The second kappa shape index (κ2) is 6.62. The van der Waals surface area contributed by atoms with Gasteiger partial charge in [-0.2, -0.15) is 0 Å². The monoisotopic (exact) mass is 202 g/mol. The van der Waals surface area contributed by atoms with Crippen LogP contribution >= 0.6 is 11.6 Å². The van der Waals surface area contributed by atoms with Gasteiger partial charge in [-0.3, -0.25) is 10.4 Å². The van der Waals surface area contributed by atoms with Crippen LogP contribution in [0.1, 0.15) is 13.8 Å². The Hall–Kier alpha value is -0.870. The number of hydrogen-bond acceptors (Lipinski definition) is 4. The van der Waals surface area contributed by atoms with E-state index in [4.69, 9.17) is 17.0 Å². The third-order valence-electron chi connectivity index (χ3n) is 1.35. The highest BCUT2D eigenvalue weighted by molar-refractivity contribution is 6.79. The van der Waals surface area contributed by atoms with E-state index in [0.717, 1.165) is 12.2 Å². The zero-order valence-electron chi connectivity index (χ0n) is 8.13. The van der Waals surface area contributed by atoms with Crippen LogP contribution in [0.4, 0.5) is 0 Å². The summed E-state index contributed by atoms with van der Waals surface area (Å²) in [5.74, 6) is 0. The smallest absolute Gasteiger partial charge is 0.139 e. The molecule has 0 saturated heterocycles. The zero-order chi connectivity index (χ0) is 10.3. The summed E-state index contributed by atoms with van der Waals surface area (Å²) in [4.78, 5) is 3.92. The second-order valence-electron chi connectivity index (χ2n) is 2.54. The molecule has 4 nitrogen and oxygen atoms in total. The highest BCUT2D eigenvalue weighted by Crippen LogP contribution is 1.91. The van der Waals surface area contributed by atoms with Gasteiger partial charge in [-0.05, 0) is 6.92 Å².